The van der Waals surface area contributed by atoms with E-state index in [1.165, 1.54) is 11.3 Å². The number of hydrogen-bond donors (Lipinski definition) is 1. The molecule has 5 nitrogen and oxygen atoms in total. The first-order chi connectivity index (χ1) is 12.2. The molecule has 0 fully saturated rings. The lowest BCUT2D eigenvalue weighted by Gasteiger charge is -2.01. The predicted octanol–water partition coefficient (Wildman–Crippen LogP) is 4.81. The number of rotatable bonds is 5. The van der Waals surface area contributed by atoms with E-state index in [-0.39, 0.29) is 5.71 Å². The highest BCUT2D eigenvalue weighted by Gasteiger charge is 2.11. The molecule has 0 amide bonds. The molecule has 124 valence electrons. The van der Waals surface area contributed by atoms with Crippen LogP contribution in [0.2, 0.25) is 5.02 Å². The molecule has 0 aliphatic carbocycles. The molecule has 0 radical (unpaired) electrons. The Kier molecular flexibility index (Phi) is 5.29. The molecule has 25 heavy (non-hydrogen) atoms. The molecular formula is C18H13ClN4OS. The van der Waals surface area contributed by atoms with Crippen molar-refractivity contribution in [3.63, 3.8) is 0 Å². The van der Waals surface area contributed by atoms with Crippen LogP contribution < -0.4 is 10.2 Å². The zero-order chi connectivity index (χ0) is 17.6. The second kappa shape index (κ2) is 7.79. The number of nitrogens with zero attached hydrogens (tertiary/aromatic N) is 3. The number of ether oxygens (including phenoxy) is 1. The number of halogens is 1. The first-order valence-electron chi connectivity index (χ1n) is 7.29. The average Bonchev–Trinajstić information content (AvgIpc) is 3.14. The Bertz CT molecular complexity index is 944. The van der Waals surface area contributed by atoms with E-state index in [9.17, 15) is 5.26 Å². The van der Waals surface area contributed by atoms with E-state index < -0.39 is 0 Å². The Morgan fingerprint density at radius 2 is 2.08 bits per heavy atom. The van der Waals surface area contributed by atoms with Crippen molar-refractivity contribution in [1.82, 2.24) is 4.98 Å². The van der Waals surface area contributed by atoms with Gasteiger partial charge < -0.3 is 4.74 Å². The summed E-state index contributed by atoms with van der Waals surface area (Å²) in [6.45, 7) is 0. The zero-order valence-electron chi connectivity index (χ0n) is 13.2. The highest BCUT2D eigenvalue weighted by Crippen LogP contribution is 2.25. The molecule has 0 saturated heterocycles. The summed E-state index contributed by atoms with van der Waals surface area (Å²) in [5, 5.41) is 16.6. The molecule has 3 aromatic rings. The minimum absolute atomic E-state index is 0.217. The number of anilines is 1. The maximum atomic E-state index is 9.37. The highest BCUT2D eigenvalue weighted by molar-refractivity contribution is 7.12. The van der Waals surface area contributed by atoms with Crippen LogP contribution in [0.1, 0.15) is 5.01 Å². The van der Waals surface area contributed by atoms with Crippen LogP contribution in [-0.2, 0) is 0 Å². The molecule has 0 aliphatic heterocycles. The SMILES string of the molecule is COc1cccc(-c2csc(C(C#N)=NNc3ccc(Cl)cc3)n2)c1. The van der Waals surface area contributed by atoms with Gasteiger partial charge in [0, 0.05) is 16.0 Å². The van der Waals surface area contributed by atoms with Gasteiger partial charge in [0.1, 0.15) is 11.8 Å². The normalized spacial score (nSPS) is 11.0. The monoisotopic (exact) mass is 368 g/mol. The van der Waals surface area contributed by atoms with Crippen molar-refractivity contribution in [3.8, 4) is 23.1 Å². The quantitative estimate of drug-likeness (QED) is 0.518. The standard InChI is InChI=1S/C18H13ClN4OS/c1-24-15-4-2-3-12(9-15)17-11-25-18(21-17)16(10-20)23-22-14-7-5-13(19)6-8-14/h2-9,11,22H,1H3. The van der Waals surface area contributed by atoms with Crippen LogP contribution >= 0.6 is 22.9 Å². The first-order valence-corrected chi connectivity index (χ1v) is 8.55. The van der Waals surface area contributed by atoms with Gasteiger partial charge >= 0.3 is 0 Å². The van der Waals surface area contributed by atoms with Gasteiger partial charge in [-0.1, -0.05) is 23.7 Å². The molecule has 0 unspecified atom stereocenters. The van der Waals surface area contributed by atoms with Crippen molar-refractivity contribution in [3.05, 3.63) is 63.9 Å². The summed E-state index contributed by atoms with van der Waals surface area (Å²) in [6, 6.07) is 16.7. The zero-order valence-corrected chi connectivity index (χ0v) is 14.8. The fourth-order valence-electron chi connectivity index (χ4n) is 2.06. The van der Waals surface area contributed by atoms with Crippen LogP contribution in [0.5, 0.6) is 5.75 Å². The second-order valence-electron chi connectivity index (χ2n) is 4.96. The van der Waals surface area contributed by atoms with Crippen molar-refractivity contribution in [1.29, 1.82) is 5.26 Å². The van der Waals surface area contributed by atoms with Crippen LogP contribution in [0.3, 0.4) is 0 Å². The Labute approximate surface area is 154 Å². The Morgan fingerprint density at radius 1 is 1.28 bits per heavy atom. The van der Waals surface area contributed by atoms with Crippen LogP contribution in [0, 0.1) is 11.3 Å². The fourth-order valence-corrected chi connectivity index (χ4v) is 2.96. The number of hydrazone groups is 1. The van der Waals surface area contributed by atoms with E-state index in [0.717, 1.165) is 22.7 Å². The number of nitrogens with one attached hydrogen (secondary N) is 1. The number of nitriles is 1. The lowest BCUT2D eigenvalue weighted by molar-refractivity contribution is 0.415. The summed E-state index contributed by atoms with van der Waals surface area (Å²) in [4.78, 5) is 4.50. The number of aromatic nitrogens is 1. The van der Waals surface area contributed by atoms with Gasteiger partial charge in [-0.15, -0.1) is 11.3 Å². The van der Waals surface area contributed by atoms with Gasteiger partial charge in [0.05, 0.1) is 18.5 Å². The van der Waals surface area contributed by atoms with E-state index >= 15 is 0 Å². The van der Waals surface area contributed by atoms with Crippen molar-refractivity contribution in [2.24, 2.45) is 5.10 Å². The summed E-state index contributed by atoms with van der Waals surface area (Å²) in [6.07, 6.45) is 0. The first kappa shape index (κ1) is 17.0. The maximum absolute atomic E-state index is 9.37. The van der Waals surface area contributed by atoms with E-state index in [2.05, 4.69) is 21.6 Å². The Morgan fingerprint density at radius 3 is 2.80 bits per heavy atom. The molecule has 2 aromatic carbocycles. The predicted molar refractivity (Wildman–Crippen MR) is 101 cm³/mol. The van der Waals surface area contributed by atoms with Gasteiger partial charge in [-0.25, -0.2) is 4.98 Å². The summed E-state index contributed by atoms with van der Waals surface area (Å²) in [7, 11) is 1.62. The number of methoxy groups -OCH3 is 1. The van der Waals surface area contributed by atoms with E-state index in [1.807, 2.05) is 29.6 Å². The number of benzene rings is 2. The van der Waals surface area contributed by atoms with Gasteiger partial charge in [-0.2, -0.15) is 10.4 Å². The molecular weight excluding hydrogens is 356 g/mol. The molecule has 0 bridgehead atoms. The van der Waals surface area contributed by atoms with Crippen LogP contribution in [0.25, 0.3) is 11.3 Å². The van der Waals surface area contributed by atoms with Gasteiger partial charge in [0.2, 0.25) is 0 Å². The lowest BCUT2D eigenvalue weighted by Crippen LogP contribution is -2.01. The second-order valence-corrected chi connectivity index (χ2v) is 6.26. The van der Waals surface area contributed by atoms with Crippen LogP contribution in [0.4, 0.5) is 5.69 Å². The molecule has 1 aromatic heterocycles. The molecule has 1 N–H and O–H groups in total. The van der Waals surface area contributed by atoms with E-state index in [0.29, 0.717) is 10.0 Å². The minimum atomic E-state index is 0.217. The molecule has 0 saturated carbocycles. The fraction of sp³-hybridized carbons (Fsp3) is 0.0556. The summed E-state index contributed by atoms with van der Waals surface area (Å²) < 4.78 is 5.23. The van der Waals surface area contributed by atoms with Crippen molar-refractivity contribution in [2.75, 3.05) is 12.5 Å². The van der Waals surface area contributed by atoms with Gasteiger partial charge in [-0.05, 0) is 36.4 Å². The largest absolute Gasteiger partial charge is 0.497 e. The van der Waals surface area contributed by atoms with Crippen LogP contribution in [0.15, 0.2) is 59.0 Å². The Hall–Kier alpha value is -2.88. The molecule has 7 heteroatoms. The van der Waals surface area contributed by atoms with Crippen LogP contribution in [-0.4, -0.2) is 17.8 Å². The summed E-state index contributed by atoms with van der Waals surface area (Å²) >= 11 is 7.21. The molecule has 3 rings (SSSR count). The van der Waals surface area contributed by atoms with Crippen molar-refractivity contribution >= 4 is 34.3 Å². The van der Waals surface area contributed by atoms with Crippen molar-refractivity contribution < 1.29 is 4.74 Å². The van der Waals surface area contributed by atoms with Gasteiger partial charge in [0.25, 0.3) is 0 Å². The smallest absolute Gasteiger partial charge is 0.196 e. The van der Waals surface area contributed by atoms with E-state index in [4.69, 9.17) is 16.3 Å². The van der Waals surface area contributed by atoms with Crippen molar-refractivity contribution in [2.45, 2.75) is 0 Å². The summed E-state index contributed by atoms with van der Waals surface area (Å²) in [5.74, 6) is 0.755. The topological polar surface area (TPSA) is 70.3 Å². The molecule has 0 aliphatic rings. The summed E-state index contributed by atoms with van der Waals surface area (Å²) in [5.41, 5.74) is 5.49. The van der Waals surface area contributed by atoms with Gasteiger partial charge in [-0.3, -0.25) is 5.43 Å². The average molecular weight is 369 g/mol. The minimum Gasteiger partial charge on any atom is -0.497 e. The number of thiazole rings is 1. The Balaban J connectivity index is 1.82. The third-order valence-electron chi connectivity index (χ3n) is 3.32. The number of hydrogen-bond acceptors (Lipinski definition) is 6. The lowest BCUT2D eigenvalue weighted by atomic mass is 10.2. The van der Waals surface area contributed by atoms with E-state index in [1.54, 1.807) is 31.4 Å². The molecule has 0 spiro atoms. The third-order valence-corrected chi connectivity index (χ3v) is 4.42. The maximum Gasteiger partial charge on any atom is 0.196 e. The van der Waals surface area contributed by atoms with Gasteiger partial charge in [0.15, 0.2) is 10.7 Å². The molecule has 1 heterocycles. The highest BCUT2D eigenvalue weighted by atomic mass is 35.5. The molecule has 0 atom stereocenters. The third kappa shape index (κ3) is 4.15.